The van der Waals surface area contributed by atoms with Gasteiger partial charge >= 0.3 is 5.69 Å². The van der Waals surface area contributed by atoms with Crippen molar-refractivity contribution in [1.29, 1.82) is 0 Å². The molecule has 0 aliphatic carbocycles. The second-order valence-electron chi connectivity index (χ2n) is 12.4. The van der Waals surface area contributed by atoms with Gasteiger partial charge in [-0.05, 0) is 41.0 Å². The number of hydrogen-bond donors (Lipinski definition) is 2. The van der Waals surface area contributed by atoms with Gasteiger partial charge in [-0.3, -0.25) is 14.3 Å². The lowest BCUT2D eigenvalue weighted by atomic mass is 9.80. The average Bonchev–Trinajstić information content (AvgIpc) is 3.44. The normalized spacial score (nSPS) is 17.9. The molecule has 9 nitrogen and oxygen atoms in total. The van der Waals surface area contributed by atoms with E-state index in [1.165, 1.54) is 10.8 Å². The molecule has 4 aromatic rings. The number of aliphatic hydroxyl groups excluding tert-OH is 1. The fourth-order valence-electron chi connectivity index (χ4n) is 5.56. The van der Waals surface area contributed by atoms with Crippen LogP contribution >= 0.6 is 0 Å². The quantitative estimate of drug-likeness (QED) is 0.139. The molecule has 1 aromatic heterocycles. The lowest BCUT2D eigenvalue weighted by Gasteiger charge is -2.37. The highest BCUT2D eigenvalue weighted by Gasteiger charge is 2.42. The topological polar surface area (TPSA) is 112 Å². The van der Waals surface area contributed by atoms with Crippen molar-refractivity contribution in [3.63, 3.8) is 0 Å². The molecule has 3 aromatic carbocycles. The number of methoxy groups -OCH3 is 2. The van der Waals surface area contributed by atoms with Crippen LogP contribution in [0.5, 0.6) is 11.5 Å². The maximum absolute atomic E-state index is 12.9. The van der Waals surface area contributed by atoms with Crippen molar-refractivity contribution < 1.29 is 24.1 Å². The third-order valence-electron chi connectivity index (χ3n) is 8.03. The fraction of sp³-hybridized carbons (Fsp3) is 0.297. The van der Waals surface area contributed by atoms with Crippen LogP contribution in [0.25, 0.3) is 5.57 Å². The highest BCUT2D eigenvalue weighted by molar-refractivity contribution is 6.84. The number of nitrogens with zero attached hydrogens (tertiary/aromatic N) is 1. The van der Waals surface area contributed by atoms with Crippen molar-refractivity contribution in [2.45, 2.75) is 50.1 Å². The summed E-state index contributed by atoms with van der Waals surface area (Å²) in [4.78, 5) is 28.0. The predicted molar refractivity (Wildman–Crippen MR) is 184 cm³/mol. The summed E-state index contributed by atoms with van der Waals surface area (Å²) >= 11 is 0. The summed E-state index contributed by atoms with van der Waals surface area (Å²) in [6.07, 6.45) is -1.09. The van der Waals surface area contributed by atoms with Crippen LogP contribution in [-0.2, 0) is 15.1 Å². The first-order valence-corrected chi connectivity index (χ1v) is 18.8. The number of rotatable bonds is 10. The number of nitrogens with one attached hydrogen (secondary N) is 1. The van der Waals surface area contributed by atoms with Crippen molar-refractivity contribution in [3.8, 4) is 23.0 Å². The molecule has 10 heteroatoms. The predicted octanol–water partition coefficient (Wildman–Crippen LogP) is 5.10. The smallest absolute Gasteiger partial charge is 0.330 e. The van der Waals surface area contributed by atoms with Crippen LogP contribution in [0.2, 0.25) is 19.6 Å². The summed E-state index contributed by atoms with van der Waals surface area (Å²) in [6, 6.07) is 25.1. The first kappa shape index (κ1) is 33.7. The van der Waals surface area contributed by atoms with E-state index in [2.05, 4.69) is 42.7 Å². The van der Waals surface area contributed by atoms with Gasteiger partial charge in [0, 0.05) is 18.2 Å². The molecule has 0 radical (unpaired) electrons. The Bertz CT molecular complexity index is 1840. The number of H-pyrrole nitrogens is 1. The van der Waals surface area contributed by atoms with Crippen molar-refractivity contribution >= 4 is 13.6 Å². The highest BCUT2D eigenvalue weighted by atomic mass is 28.3. The number of aliphatic hydroxyl groups is 1. The molecular formula is C37H40N2O7Si. The number of aromatic nitrogens is 2. The first-order chi connectivity index (χ1) is 22.4. The van der Waals surface area contributed by atoms with Crippen LogP contribution in [0.1, 0.15) is 34.9 Å². The molecule has 1 fully saturated rings. The molecule has 2 N–H and O–H groups in total. The van der Waals surface area contributed by atoms with Crippen molar-refractivity contribution in [3.05, 3.63) is 135 Å². The van der Waals surface area contributed by atoms with E-state index in [1.54, 1.807) is 14.2 Å². The Hall–Kier alpha value is -4.66. The molecule has 3 atom stereocenters. The van der Waals surface area contributed by atoms with Gasteiger partial charge in [0.2, 0.25) is 0 Å². The Morgan fingerprint density at radius 2 is 1.51 bits per heavy atom. The third-order valence-corrected chi connectivity index (χ3v) is 8.91. The largest absolute Gasteiger partial charge is 0.497 e. The number of benzene rings is 3. The summed E-state index contributed by atoms with van der Waals surface area (Å²) in [5.74, 6) is 4.38. The van der Waals surface area contributed by atoms with E-state index in [1.807, 2.05) is 78.9 Å². The minimum absolute atomic E-state index is 0.0238. The van der Waals surface area contributed by atoms with E-state index in [4.69, 9.17) is 18.9 Å². The second kappa shape index (κ2) is 14.0. The van der Waals surface area contributed by atoms with Gasteiger partial charge in [-0.15, -0.1) is 5.54 Å². The summed E-state index contributed by atoms with van der Waals surface area (Å²) in [5.41, 5.74) is 3.86. The van der Waals surface area contributed by atoms with Gasteiger partial charge in [-0.25, -0.2) is 4.79 Å². The fourth-order valence-corrected chi connectivity index (χ4v) is 6.09. The SMILES string of the molecule is C=C(C#C[Si](C)(C)C)c1cn([C@H]2C[C@H](O)[C@@H](COC(c3ccccc3)(c3ccc(OC)cc3)c3ccc(OC)cc3)O2)c(=O)[nH]c1=O. The van der Waals surface area contributed by atoms with E-state index in [0.29, 0.717) is 17.1 Å². The molecule has 0 spiro atoms. The minimum Gasteiger partial charge on any atom is -0.497 e. The summed E-state index contributed by atoms with van der Waals surface area (Å²) in [7, 11) is 1.49. The lowest BCUT2D eigenvalue weighted by Crippen LogP contribution is -2.38. The van der Waals surface area contributed by atoms with Crippen molar-refractivity contribution in [1.82, 2.24) is 9.55 Å². The average molecular weight is 653 g/mol. The van der Waals surface area contributed by atoms with Gasteiger partial charge in [-0.1, -0.05) is 86.7 Å². The van der Waals surface area contributed by atoms with Crippen LogP contribution in [0.3, 0.4) is 0 Å². The molecule has 5 rings (SSSR count). The first-order valence-electron chi connectivity index (χ1n) is 15.3. The van der Waals surface area contributed by atoms with Gasteiger partial charge in [0.15, 0.2) is 0 Å². The van der Waals surface area contributed by atoms with Crippen molar-refractivity contribution in [2.75, 3.05) is 20.8 Å². The Morgan fingerprint density at radius 3 is 2.04 bits per heavy atom. The second-order valence-corrected chi connectivity index (χ2v) is 17.2. The molecule has 0 amide bonds. The highest BCUT2D eigenvalue weighted by Crippen LogP contribution is 2.42. The van der Waals surface area contributed by atoms with Crippen LogP contribution in [0.4, 0.5) is 0 Å². The van der Waals surface area contributed by atoms with Gasteiger partial charge in [0.25, 0.3) is 5.56 Å². The van der Waals surface area contributed by atoms with E-state index in [9.17, 15) is 14.7 Å². The summed E-state index contributed by atoms with van der Waals surface area (Å²) in [5, 5.41) is 11.2. The summed E-state index contributed by atoms with van der Waals surface area (Å²) < 4.78 is 25.3. The molecule has 1 aliphatic heterocycles. The van der Waals surface area contributed by atoms with E-state index in [0.717, 1.165) is 16.7 Å². The molecule has 47 heavy (non-hydrogen) atoms. The zero-order valence-electron chi connectivity index (χ0n) is 27.3. The Kier molecular flexibility index (Phi) is 10.0. The molecule has 0 bridgehead atoms. The third kappa shape index (κ3) is 7.34. The van der Waals surface area contributed by atoms with Gasteiger partial charge < -0.3 is 24.1 Å². The molecule has 244 valence electrons. The minimum atomic E-state index is -1.73. The van der Waals surface area contributed by atoms with E-state index >= 15 is 0 Å². The number of hydrogen-bond acceptors (Lipinski definition) is 7. The van der Waals surface area contributed by atoms with E-state index in [-0.39, 0.29) is 18.6 Å². The summed E-state index contributed by atoms with van der Waals surface area (Å²) in [6.45, 7) is 10.2. The number of ether oxygens (including phenoxy) is 4. The molecule has 2 heterocycles. The van der Waals surface area contributed by atoms with Crippen molar-refractivity contribution in [2.24, 2.45) is 0 Å². The Labute approximate surface area is 275 Å². The molecule has 0 saturated carbocycles. The van der Waals surface area contributed by atoms with Crippen LogP contribution < -0.4 is 20.7 Å². The lowest BCUT2D eigenvalue weighted by molar-refractivity contribution is -0.0944. The number of aromatic amines is 1. The zero-order chi connectivity index (χ0) is 33.8. The van der Waals surface area contributed by atoms with Crippen LogP contribution in [0.15, 0.2) is 101 Å². The Balaban J connectivity index is 1.50. The molecule has 1 aliphatic rings. The maximum atomic E-state index is 12.9. The van der Waals surface area contributed by atoms with Crippen LogP contribution in [0, 0.1) is 11.5 Å². The molecule has 0 unspecified atom stereocenters. The maximum Gasteiger partial charge on any atom is 0.330 e. The van der Waals surface area contributed by atoms with Gasteiger partial charge in [0.1, 0.15) is 37.5 Å². The number of allylic oxidation sites excluding steroid dienone is 1. The standard InChI is InChI=1S/C37H40N2O7Si/c1-25(20-21-47(4,5)6)31-23-39(36(42)38-35(31)41)34-22-32(40)33(46-34)24-45-37(26-10-8-7-9-11-26,27-12-16-29(43-2)17-13-27)28-14-18-30(44-3)19-15-28/h7-19,23,32-34,40H,1,22,24H2,2-6H3,(H,38,41,42)/t32-,33+,34+/m0/s1. The molecular weight excluding hydrogens is 613 g/mol. The van der Waals surface area contributed by atoms with Gasteiger partial charge in [0.05, 0.1) is 32.5 Å². The molecule has 1 saturated heterocycles. The zero-order valence-corrected chi connectivity index (χ0v) is 28.3. The monoisotopic (exact) mass is 652 g/mol. The van der Waals surface area contributed by atoms with Crippen LogP contribution in [-0.4, -0.2) is 55.8 Å². The van der Waals surface area contributed by atoms with Gasteiger partial charge in [-0.2, -0.15) is 0 Å². The van der Waals surface area contributed by atoms with E-state index < -0.39 is 43.4 Å². The Morgan fingerprint density at radius 1 is 0.957 bits per heavy atom.